The molecular weight excluding hydrogens is 264 g/mol. The lowest BCUT2D eigenvalue weighted by molar-refractivity contribution is -0.309. The standard InChI is InChI=1S/C14H28O6/c1-8(2)6-18-13-10(5-15)20-14(12(17)11(13)16)19-7-9(3)4/h8-17H,5-7H2,1-4H3/t10?,11-,12?,13-,14+/m1/s1. The quantitative estimate of drug-likeness (QED) is 0.618. The average molecular weight is 292 g/mol. The van der Waals surface area contributed by atoms with E-state index in [1.54, 1.807) is 0 Å². The molecule has 0 amide bonds. The molecule has 20 heavy (non-hydrogen) atoms. The van der Waals surface area contributed by atoms with Gasteiger partial charge in [0, 0.05) is 6.61 Å². The molecule has 1 aliphatic rings. The van der Waals surface area contributed by atoms with Crippen molar-refractivity contribution in [3.05, 3.63) is 0 Å². The fourth-order valence-electron chi connectivity index (χ4n) is 1.99. The van der Waals surface area contributed by atoms with Crippen LogP contribution in [-0.2, 0) is 14.2 Å². The first-order valence-electron chi connectivity index (χ1n) is 7.22. The lowest BCUT2D eigenvalue weighted by atomic mass is 9.99. The highest BCUT2D eigenvalue weighted by Gasteiger charge is 2.45. The normalized spacial score (nSPS) is 35.0. The maximum Gasteiger partial charge on any atom is 0.186 e. The molecular formula is C14H28O6. The van der Waals surface area contributed by atoms with Crippen LogP contribution in [0.3, 0.4) is 0 Å². The van der Waals surface area contributed by atoms with Crippen LogP contribution in [0.25, 0.3) is 0 Å². The summed E-state index contributed by atoms with van der Waals surface area (Å²) in [6.07, 6.45) is -4.73. The molecule has 0 spiro atoms. The van der Waals surface area contributed by atoms with Gasteiger partial charge in [-0.3, -0.25) is 0 Å². The van der Waals surface area contributed by atoms with Crippen molar-refractivity contribution in [2.45, 2.75) is 58.4 Å². The summed E-state index contributed by atoms with van der Waals surface area (Å²) in [6.45, 7) is 8.45. The van der Waals surface area contributed by atoms with E-state index in [4.69, 9.17) is 14.2 Å². The lowest BCUT2D eigenvalue weighted by Crippen LogP contribution is -2.60. The number of ether oxygens (including phenoxy) is 3. The Labute approximate surface area is 120 Å². The molecule has 2 unspecified atom stereocenters. The Balaban J connectivity index is 2.63. The van der Waals surface area contributed by atoms with Crippen molar-refractivity contribution in [2.24, 2.45) is 11.8 Å². The second kappa shape index (κ2) is 8.26. The fourth-order valence-corrected chi connectivity index (χ4v) is 1.99. The molecule has 120 valence electrons. The largest absolute Gasteiger partial charge is 0.394 e. The van der Waals surface area contributed by atoms with Crippen LogP contribution in [0.15, 0.2) is 0 Å². The number of aliphatic hydroxyl groups is 3. The van der Waals surface area contributed by atoms with E-state index in [1.807, 2.05) is 27.7 Å². The monoisotopic (exact) mass is 292 g/mol. The Bertz CT molecular complexity index is 268. The predicted molar refractivity (Wildman–Crippen MR) is 73.1 cm³/mol. The minimum absolute atomic E-state index is 0.283. The van der Waals surface area contributed by atoms with E-state index in [9.17, 15) is 15.3 Å². The molecule has 6 nitrogen and oxygen atoms in total. The van der Waals surface area contributed by atoms with Crippen molar-refractivity contribution < 1.29 is 29.5 Å². The van der Waals surface area contributed by atoms with Gasteiger partial charge < -0.3 is 29.5 Å². The SMILES string of the molecule is CC(C)CO[C@H]1OC(CO)[C@@H](OCC(C)C)[C@H](O)C1O. The number of hydrogen-bond acceptors (Lipinski definition) is 6. The third kappa shape index (κ3) is 4.95. The molecule has 0 aromatic heterocycles. The maximum absolute atomic E-state index is 10.1. The molecule has 3 N–H and O–H groups in total. The van der Waals surface area contributed by atoms with Gasteiger partial charge in [0.15, 0.2) is 6.29 Å². The Kier molecular flexibility index (Phi) is 7.36. The summed E-state index contributed by atoms with van der Waals surface area (Å²) in [7, 11) is 0. The van der Waals surface area contributed by atoms with Gasteiger partial charge in [-0.25, -0.2) is 0 Å². The molecule has 1 saturated heterocycles. The van der Waals surface area contributed by atoms with Gasteiger partial charge in [-0.15, -0.1) is 0 Å². The van der Waals surface area contributed by atoms with Crippen molar-refractivity contribution in [3.63, 3.8) is 0 Å². The first-order valence-corrected chi connectivity index (χ1v) is 7.22. The minimum Gasteiger partial charge on any atom is -0.394 e. The zero-order chi connectivity index (χ0) is 15.3. The van der Waals surface area contributed by atoms with Crippen LogP contribution in [0.2, 0.25) is 0 Å². The second-order valence-corrected chi connectivity index (χ2v) is 6.13. The van der Waals surface area contributed by atoms with Gasteiger partial charge in [0.05, 0.1) is 13.2 Å². The second-order valence-electron chi connectivity index (χ2n) is 6.13. The first kappa shape index (κ1) is 17.8. The summed E-state index contributed by atoms with van der Waals surface area (Å²) in [6, 6.07) is 0. The van der Waals surface area contributed by atoms with E-state index in [-0.39, 0.29) is 18.4 Å². The average Bonchev–Trinajstić information content (AvgIpc) is 2.38. The van der Waals surface area contributed by atoms with Gasteiger partial charge in [-0.05, 0) is 11.8 Å². The van der Waals surface area contributed by atoms with Gasteiger partial charge in [0.25, 0.3) is 0 Å². The molecule has 1 heterocycles. The highest BCUT2D eigenvalue weighted by Crippen LogP contribution is 2.25. The topological polar surface area (TPSA) is 88.4 Å². The van der Waals surface area contributed by atoms with Crippen LogP contribution in [0.4, 0.5) is 0 Å². The molecule has 1 aliphatic heterocycles. The summed E-state index contributed by atoms with van der Waals surface area (Å²) < 4.78 is 16.5. The lowest BCUT2D eigenvalue weighted by Gasteiger charge is -2.42. The van der Waals surface area contributed by atoms with E-state index in [2.05, 4.69) is 0 Å². The molecule has 0 aromatic carbocycles. The van der Waals surface area contributed by atoms with Crippen molar-refractivity contribution in [3.8, 4) is 0 Å². The van der Waals surface area contributed by atoms with Crippen molar-refractivity contribution in [1.29, 1.82) is 0 Å². The smallest absolute Gasteiger partial charge is 0.186 e. The molecule has 6 heteroatoms. The summed E-state index contributed by atoms with van der Waals surface area (Å²) in [5.74, 6) is 0.569. The van der Waals surface area contributed by atoms with Crippen LogP contribution in [0.5, 0.6) is 0 Å². The third-order valence-electron chi connectivity index (χ3n) is 3.04. The Morgan fingerprint density at radius 2 is 1.50 bits per heavy atom. The van der Waals surface area contributed by atoms with Gasteiger partial charge >= 0.3 is 0 Å². The van der Waals surface area contributed by atoms with Crippen LogP contribution in [-0.4, -0.2) is 65.8 Å². The van der Waals surface area contributed by atoms with Crippen LogP contribution >= 0.6 is 0 Å². The van der Waals surface area contributed by atoms with E-state index in [0.717, 1.165) is 0 Å². The molecule has 5 atom stereocenters. The van der Waals surface area contributed by atoms with Crippen LogP contribution in [0, 0.1) is 11.8 Å². The fraction of sp³-hybridized carbons (Fsp3) is 1.00. The van der Waals surface area contributed by atoms with Gasteiger partial charge in [0.1, 0.15) is 24.4 Å². The summed E-state index contributed by atoms with van der Waals surface area (Å²) in [4.78, 5) is 0. The third-order valence-corrected chi connectivity index (χ3v) is 3.04. The molecule has 0 bridgehead atoms. The Morgan fingerprint density at radius 1 is 0.950 bits per heavy atom. The molecule has 1 fully saturated rings. The van der Waals surface area contributed by atoms with Gasteiger partial charge in [-0.1, -0.05) is 27.7 Å². The van der Waals surface area contributed by atoms with E-state index in [0.29, 0.717) is 13.2 Å². The minimum atomic E-state index is -1.19. The molecule has 1 rings (SSSR count). The highest BCUT2D eigenvalue weighted by atomic mass is 16.7. The van der Waals surface area contributed by atoms with Crippen molar-refractivity contribution >= 4 is 0 Å². The summed E-state index contributed by atoms with van der Waals surface area (Å²) in [5, 5.41) is 29.6. The van der Waals surface area contributed by atoms with Gasteiger partial charge in [-0.2, -0.15) is 0 Å². The van der Waals surface area contributed by atoms with E-state index in [1.165, 1.54) is 0 Å². The molecule has 0 aromatic rings. The Morgan fingerprint density at radius 3 is 2.00 bits per heavy atom. The molecule has 0 radical (unpaired) electrons. The highest BCUT2D eigenvalue weighted by molar-refractivity contribution is 4.90. The summed E-state index contributed by atoms with van der Waals surface area (Å²) >= 11 is 0. The zero-order valence-corrected chi connectivity index (χ0v) is 12.7. The molecule has 0 saturated carbocycles. The Hall–Kier alpha value is -0.240. The zero-order valence-electron chi connectivity index (χ0n) is 12.7. The van der Waals surface area contributed by atoms with E-state index < -0.39 is 30.7 Å². The van der Waals surface area contributed by atoms with Gasteiger partial charge in [0.2, 0.25) is 0 Å². The van der Waals surface area contributed by atoms with Crippen molar-refractivity contribution in [2.75, 3.05) is 19.8 Å². The molecule has 0 aliphatic carbocycles. The predicted octanol–water partition coefficient (Wildman–Crippen LogP) is 0.139. The number of rotatable bonds is 7. The number of aliphatic hydroxyl groups excluding tert-OH is 3. The van der Waals surface area contributed by atoms with Crippen LogP contribution in [0.1, 0.15) is 27.7 Å². The van der Waals surface area contributed by atoms with E-state index >= 15 is 0 Å². The summed E-state index contributed by atoms with van der Waals surface area (Å²) in [5.41, 5.74) is 0. The van der Waals surface area contributed by atoms with Crippen molar-refractivity contribution in [1.82, 2.24) is 0 Å². The first-order chi connectivity index (χ1) is 9.36. The maximum atomic E-state index is 10.1. The number of hydrogen-bond donors (Lipinski definition) is 3. The van der Waals surface area contributed by atoms with Crippen LogP contribution < -0.4 is 0 Å².